The number of allylic oxidation sites excluding steroid dienone is 1. The van der Waals surface area contributed by atoms with E-state index < -0.39 is 0 Å². The zero-order valence-electron chi connectivity index (χ0n) is 13.3. The Bertz CT molecular complexity index is 1020. The summed E-state index contributed by atoms with van der Waals surface area (Å²) in [4.78, 5) is 13.1. The number of aliphatic hydroxyl groups is 1. The summed E-state index contributed by atoms with van der Waals surface area (Å²) >= 11 is 0. The highest BCUT2D eigenvalue weighted by molar-refractivity contribution is 6.20. The maximum absolute atomic E-state index is 13.1. The van der Waals surface area contributed by atoms with Crippen molar-refractivity contribution < 1.29 is 14.6 Å². The Labute approximate surface area is 144 Å². The van der Waals surface area contributed by atoms with Crippen LogP contribution >= 0.6 is 0 Å². The smallest absolute Gasteiger partial charge is 0.194 e. The van der Waals surface area contributed by atoms with E-state index in [9.17, 15) is 9.90 Å². The molecule has 0 spiro atoms. The van der Waals surface area contributed by atoms with E-state index in [2.05, 4.69) is 0 Å². The lowest BCUT2D eigenvalue weighted by Gasteiger charge is -2.28. The third-order valence-electron chi connectivity index (χ3n) is 4.90. The SMILES string of the molecule is O=C1C(C2c3ccccc3Oc3ccccc32)=C(O)c2ccccc21. The van der Waals surface area contributed by atoms with Crippen molar-refractivity contribution in [2.24, 2.45) is 0 Å². The molecule has 5 rings (SSSR count). The van der Waals surface area contributed by atoms with Gasteiger partial charge in [-0.25, -0.2) is 0 Å². The highest BCUT2D eigenvalue weighted by atomic mass is 16.5. The number of Topliss-reactive ketones (excluding diaryl/α,β-unsaturated/α-hetero) is 1. The average Bonchev–Trinajstić information content (AvgIpc) is 2.91. The number of hydrogen-bond donors (Lipinski definition) is 1. The number of carbonyl (C=O) groups is 1. The summed E-state index contributed by atoms with van der Waals surface area (Å²) in [6.45, 7) is 0. The van der Waals surface area contributed by atoms with Crippen LogP contribution in [0.15, 0.2) is 78.4 Å². The number of benzene rings is 3. The Morgan fingerprint density at radius 1 is 0.720 bits per heavy atom. The average molecular weight is 326 g/mol. The molecule has 2 aliphatic rings. The van der Waals surface area contributed by atoms with Gasteiger partial charge in [-0.05, 0) is 12.1 Å². The third kappa shape index (κ3) is 1.89. The molecule has 1 N–H and O–H groups in total. The molecule has 1 aliphatic carbocycles. The van der Waals surface area contributed by atoms with Gasteiger partial charge in [0.2, 0.25) is 0 Å². The first-order valence-electron chi connectivity index (χ1n) is 8.18. The first-order chi connectivity index (χ1) is 12.3. The molecule has 3 aromatic rings. The molecule has 3 aromatic carbocycles. The molecule has 0 atom stereocenters. The summed E-state index contributed by atoms with van der Waals surface area (Å²) < 4.78 is 6.00. The standard InChI is InChI=1S/C22H14O3/c23-21-13-7-1-2-8-14(13)22(24)20(21)19-15-9-3-5-11-17(15)25-18-12-6-4-10-16(18)19/h1-12,19,23H. The van der Waals surface area contributed by atoms with Crippen LogP contribution in [0.4, 0.5) is 0 Å². The summed E-state index contributed by atoms with van der Waals surface area (Å²) in [5.41, 5.74) is 3.36. The molecule has 0 saturated heterocycles. The Morgan fingerprint density at radius 3 is 1.84 bits per heavy atom. The predicted molar refractivity (Wildman–Crippen MR) is 95.1 cm³/mol. The molecular weight excluding hydrogens is 312 g/mol. The molecule has 0 radical (unpaired) electrons. The molecule has 3 nitrogen and oxygen atoms in total. The van der Waals surface area contributed by atoms with E-state index >= 15 is 0 Å². The van der Waals surface area contributed by atoms with Crippen molar-refractivity contribution in [2.45, 2.75) is 5.92 Å². The minimum absolute atomic E-state index is 0.0668. The van der Waals surface area contributed by atoms with Crippen LogP contribution in [0.1, 0.15) is 33.0 Å². The quantitative estimate of drug-likeness (QED) is 0.677. The lowest BCUT2D eigenvalue weighted by atomic mass is 9.81. The summed E-state index contributed by atoms with van der Waals surface area (Å²) in [6, 6.07) is 22.5. The molecule has 0 fully saturated rings. The predicted octanol–water partition coefficient (Wildman–Crippen LogP) is 5.09. The van der Waals surface area contributed by atoms with Crippen LogP contribution in [0, 0.1) is 0 Å². The first-order valence-corrected chi connectivity index (χ1v) is 8.18. The summed E-state index contributed by atoms with van der Waals surface area (Å²) in [5.74, 6) is 1.04. The van der Waals surface area contributed by atoms with Crippen LogP contribution < -0.4 is 4.74 Å². The second-order valence-electron chi connectivity index (χ2n) is 6.25. The van der Waals surface area contributed by atoms with Crippen LogP contribution in [0.25, 0.3) is 5.76 Å². The third-order valence-corrected chi connectivity index (χ3v) is 4.90. The monoisotopic (exact) mass is 326 g/mol. The van der Waals surface area contributed by atoms with Gasteiger partial charge in [0.05, 0.1) is 5.57 Å². The minimum atomic E-state index is -0.346. The van der Waals surface area contributed by atoms with Crippen LogP contribution in [0.2, 0.25) is 0 Å². The lowest BCUT2D eigenvalue weighted by Crippen LogP contribution is -2.16. The first kappa shape index (κ1) is 14.1. The van der Waals surface area contributed by atoms with Gasteiger partial charge in [0.15, 0.2) is 5.78 Å². The summed E-state index contributed by atoms with van der Waals surface area (Å²) in [6.07, 6.45) is 0. The fourth-order valence-corrected chi connectivity index (χ4v) is 3.77. The van der Waals surface area contributed by atoms with E-state index in [0.29, 0.717) is 16.7 Å². The Hall–Kier alpha value is -3.33. The van der Waals surface area contributed by atoms with Gasteiger partial charge in [0.1, 0.15) is 17.3 Å². The number of rotatable bonds is 1. The maximum atomic E-state index is 13.1. The number of para-hydroxylation sites is 2. The molecule has 0 amide bonds. The van der Waals surface area contributed by atoms with Crippen LogP contribution in [-0.4, -0.2) is 10.9 Å². The topological polar surface area (TPSA) is 46.5 Å². The zero-order chi connectivity index (χ0) is 17.0. The van der Waals surface area contributed by atoms with Crippen LogP contribution in [0.5, 0.6) is 11.5 Å². The van der Waals surface area contributed by atoms with Gasteiger partial charge < -0.3 is 9.84 Å². The van der Waals surface area contributed by atoms with E-state index in [4.69, 9.17) is 4.74 Å². The van der Waals surface area contributed by atoms with Crippen molar-refractivity contribution in [1.82, 2.24) is 0 Å². The molecule has 0 bridgehead atoms. The second-order valence-corrected chi connectivity index (χ2v) is 6.25. The number of ketones is 1. The molecule has 0 unspecified atom stereocenters. The second kappa shape index (κ2) is 5.08. The lowest BCUT2D eigenvalue weighted by molar-refractivity contribution is 0.103. The summed E-state index contributed by atoms with van der Waals surface area (Å²) in [5, 5.41) is 10.8. The highest BCUT2D eigenvalue weighted by Crippen LogP contribution is 2.50. The van der Waals surface area contributed by atoms with Crippen molar-refractivity contribution >= 4 is 11.5 Å². The van der Waals surface area contributed by atoms with Crippen molar-refractivity contribution in [2.75, 3.05) is 0 Å². The van der Waals surface area contributed by atoms with Crippen LogP contribution in [-0.2, 0) is 0 Å². The molecule has 1 aliphatic heterocycles. The van der Waals surface area contributed by atoms with E-state index in [1.165, 1.54) is 0 Å². The molecule has 120 valence electrons. The molecule has 0 aromatic heterocycles. The zero-order valence-corrected chi connectivity index (χ0v) is 13.3. The Kier molecular flexibility index (Phi) is 2.86. The molecule has 25 heavy (non-hydrogen) atoms. The highest BCUT2D eigenvalue weighted by Gasteiger charge is 2.39. The van der Waals surface area contributed by atoms with E-state index in [1.54, 1.807) is 12.1 Å². The van der Waals surface area contributed by atoms with Gasteiger partial charge in [0, 0.05) is 28.2 Å². The van der Waals surface area contributed by atoms with Gasteiger partial charge in [0.25, 0.3) is 0 Å². The van der Waals surface area contributed by atoms with Crippen molar-refractivity contribution in [1.29, 1.82) is 0 Å². The van der Waals surface area contributed by atoms with Crippen LogP contribution in [0.3, 0.4) is 0 Å². The van der Waals surface area contributed by atoms with Gasteiger partial charge in [-0.15, -0.1) is 0 Å². The van der Waals surface area contributed by atoms with Crippen molar-refractivity contribution in [3.8, 4) is 11.5 Å². The van der Waals surface area contributed by atoms with E-state index in [-0.39, 0.29) is 17.5 Å². The number of ether oxygens (including phenoxy) is 1. The fourth-order valence-electron chi connectivity index (χ4n) is 3.77. The number of hydrogen-bond acceptors (Lipinski definition) is 3. The van der Waals surface area contributed by atoms with E-state index in [1.807, 2.05) is 60.7 Å². The van der Waals surface area contributed by atoms with Gasteiger partial charge in [-0.2, -0.15) is 0 Å². The molecule has 3 heteroatoms. The largest absolute Gasteiger partial charge is 0.507 e. The maximum Gasteiger partial charge on any atom is 0.194 e. The Morgan fingerprint density at radius 2 is 1.24 bits per heavy atom. The van der Waals surface area contributed by atoms with Crippen molar-refractivity contribution in [3.05, 3.63) is 101 Å². The Balaban J connectivity index is 1.79. The number of fused-ring (bicyclic) bond motifs is 3. The fraction of sp³-hybridized carbons (Fsp3) is 0.0455. The van der Waals surface area contributed by atoms with Gasteiger partial charge in [-0.1, -0.05) is 60.7 Å². The van der Waals surface area contributed by atoms with Gasteiger partial charge >= 0.3 is 0 Å². The van der Waals surface area contributed by atoms with Gasteiger partial charge in [-0.3, -0.25) is 4.79 Å². The number of aliphatic hydroxyl groups excluding tert-OH is 1. The summed E-state index contributed by atoms with van der Waals surface area (Å²) in [7, 11) is 0. The minimum Gasteiger partial charge on any atom is -0.507 e. The van der Waals surface area contributed by atoms with E-state index in [0.717, 1.165) is 22.6 Å². The molecular formula is C22H14O3. The number of carbonyl (C=O) groups excluding carboxylic acids is 1. The molecule has 1 heterocycles. The normalized spacial score (nSPS) is 15.4. The molecule has 0 saturated carbocycles. The van der Waals surface area contributed by atoms with Crippen molar-refractivity contribution in [3.63, 3.8) is 0 Å².